The molecule has 92 valence electrons. The first-order chi connectivity index (χ1) is 8.10. The SMILES string of the molecule is Cc1cc(CC(NN)c2ccc(Cl)s2)n(C)n1. The summed E-state index contributed by atoms with van der Waals surface area (Å²) in [4.78, 5) is 1.14. The molecule has 4 nitrogen and oxygen atoms in total. The van der Waals surface area contributed by atoms with Crippen molar-refractivity contribution in [2.45, 2.75) is 19.4 Å². The molecule has 6 heteroatoms. The van der Waals surface area contributed by atoms with Gasteiger partial charge >= 0.3 is 0 Å². The summed E-state index contributed by atoms with van der Waals surface area (Å²) < 4.78 is 2.66. The van der Waals surface area contributed by atoms with E-state index < -0.39 is 0 Å². The Hall–Kier alpha value is -0.880. The molecule has 0 bridgehead atoms. The molecule has 2 heterocycles. The van der Waals surface area contributed by atoms with Crippen LogP contribution < -0.4 is 11.3 Å². The largest absolute Gasteiger partial charge is 0.272 e. The summed E-state index contributed by atoms with van der Waals surface area (Å²) in [6, 6.07) is 6.03. The highest BCUT2D eigenvalue weighted by molar-refractivity contribution is 7.16. The van der Waals surface area contributed by atoms with E-state index in [1.54, 1.807) is 11.3 Å². The molecule has 2 aromatic heterocycles. The van der Waals surface area contributed by atoms with Gasteiger partial charge in [-0.3, -0.25) is 16.0 Å². The van der Waals surface area contributed by atoms with Crippen molar-refractivity contribution in [3.63, 3.8) is 0 Å². The zero-order valence-electron chi connectivity index (χ0n) is 9.77. The van der Waals surface area contributed by atoms with E-state index >= 15 is 0 Å². The summed E-state index contributed by atoms with van der Waals surface area (Å²) >= 11 is 7.48. The monoisotopic (exact) mass is 270 g/mol. The predicted molar refractivity (Wildman–Crippen MR) is 71.0 cm³/mol. The van der Waals surface area contributed by atoms with E-state index in [-0.39, 0.29) is 6.04 Å². The quantitative estimate of drug-likeness (QED) is 0.661. The van der Waals surface area contributed by atoms with Crippen LogP contribution in [0.5, 0.6) is 0 Å². The van der Waals surface area contributed by atoms with Gasteiger partial charge in [0.1, 0.15) is 0 Å². The minimum absolute atomic E-state index is 0.0716. The Morgan fingerprint density at radius 3 is 2.82 bits per heavy atom. The number of hydrazine groups is 1. The van der Waals surface area contributed by atoms with Crippen LogP contribution in [0.3, 0.4) is 0 Å². The summed E-state index contributed by atoms with van der Waals surface area (Å²) in [5.74, 6) is 5.60. The van der Waals surface area contributed by atoms with E-state index in [0.717, 1.165) is 27.0 Å². The van der Waals surface area contributed by atoms with E-state index in [1.807, 2.05) is 30.8 Å². The Morgan fingerprint density at radius 2 is 2.35 bits per heavy atom. The maximum atomic E-state index is 5.93. The van der Waals surface area contributed by atoms with Gasteiger partial charge in [-0.15, -0.1) is 11.3 Å². The fraction of sp³-hybridized carbons (Fsp3) is 0.364. The molecule has 2 aromatic rings. The lowest BCUT2D eigenvalue weighted by Crippen LogP contribution is -2.29. The van der Waals surface area contributed by atoms with E-state index in [1.165, 1.54) is 0 Å². The Morgan fingerprint density at radius 1 is 1.59 bits per heavy atom. The second-order valence-corrected chi connectivity index (χ2v) is 5.71. The van der Waals surface area contributed by atoms with Crippen molar-refractivity contribution >= 4 is 22.9 Å². The maximum absolute atomic E-state index is 5.93. The van der Waals surface area contributed by atoms with Gasteiger partial charge in [0.25, 0.3) is 0 Å². The molecular weight excluding hydrogens is 256 g/mol. The first-order valence-corrected chi connectivity index (χ1v) is 6.50. The Balaban J connectivity index is 2.18. The molecule has 0 aliphatic rings. The van der Waals surface area contributed by atoms with Crippen LogP contribution in [-0.2, 0) is 13.5 Å². The summed E-state index contributed by atoms with van der Waals surface area (Å²) in [5.41, 5.74) is 4.99. The van der Waals surface area contributed by atoms with Crippen LogP contribution in [0, 0.1) is 6.92 Å². The molecule has 0 aromatic carbocycles. The lowest BCUT2D eigenvalue weighted by Gasteiger charge is -2.13. The van der Waals surface area contributed by atoms with Gasteiger partial charge in [-0.05, 0) is 25.1 Å². The van der Waals surface area contributed by atoms with Gasteiger partial charge in [-0.25, -0.2) is 0 Å². The van der Waals surface area contributed by atoms with Crippen LogP contribution in [0.15, 0.2) is 18.2 Å². The van der Waals surface area contributed by atoms with Crippen LogP contribution in [0.25, 0.3) is 0 Å². The van der Waals surface area contributed by atoms with Crippen molar-refractivity contribution in [3.8, 4) is 0 Å². The molecule has 1 unspecified atom stereocenters. The van der Waals surface area contributed by atoms with Gasteiger partial charge in [0.15, 0.2) is 0 Å². The number of aromatic nitrogens is 2. The predicted octanol–water partition coefficient (Wildman–Crippen LogP) is 2.19. The van der Waals surface area contributed by atoms with Crippen LogP contribution in [-0.4, -0.2) is 9.78 Å². The summed E-state index contributed by atoms with van der Waals surface area (Å²) in [5, 5.41) is 4.32. The molecule has 17 heavy (non-hydrogen) atoms. The Kier molecular flexibility index (Phi) is 3.83. The van der Waals surface area contributed by atoms with Crippen molar-refractivity contribution in [1.29, 1.82) is 0 Å². The lowest BCUT2D eigenvalue weighted by atomic mass is 10.1. The molecular formula is C11H15ClN4S. The maximum Gasteiger partial charge on any atom is 0.0931 e. The smallest absolute Gasteiger partial charge is 0.0931 e. The molecule has 0 aliphatic heterocycles. The molecule has 2 rings (SSSR count). The second-order valence-electron chi connectivity index (χ2n) is 3.97. The number of nitrogens with zero attached hydrogens (tertiary/aromatic N) is 2. The zero-order chi connectivity index (χ0) is 12.4. The Labute approximate surface area is 109 Å². The van der Waals surface area contributed by atoms with Crippen molar-refractivity contribution in [2.75, 3.05) is 0 Å². The molecule has 0 fully saturated rings. The number of hydrogen-bond donors (Lipinski definition) is 2. The highest BCUT2D eigenvalue weighted by Gasteiger charge is 2.15. The van der Waals surface area contributed by atoms with Crippen LogP contribution in [0.4, 0.5) is 0 Å². The first-order valence-electron chi connectivity index (χ1n) is 5.31. The third-order valence-electron chi connectivity index (χ3n) is 2.65. The van der Waals surface area contributed by atoms with Gasteiger partial charge in [-0.2, -0.15) is 5.10 Å². The van der Waals surface area contributed by atoms with Crippen molar-refractivity contribution in [1.82, 2.24) is 15.2 Å². The molecule has 0 radical (unpaired) electrons. The molecule has 1 atom stereocenters. The minimum Gasteiger partial charge on any atom is -0.272 e. The number of nitrogens with one attached hydrogen (secondary N) is 1. The van der Waals surface area contributed by atoms with Gasteiger partial charge in [-0.1, -0.05) is 11.6 Å². The fourth-order valence-electron chi connectivity index (χ4n) is 1.82. The first kappa shape index (κ1) is 12.6. The molecule has 3 N–H and O–H groups in total. The molecule has 0 saturated heterocycles. The molecule has 0 amide bonds. The molecule has 0 aliphatic carbocycles. The third kappa shape index (κ3) is 2.87. The minimum atomic E-state index is 0.0716. The Bertz CT molecular complexity index is 505. The van der Waals surface area contributed by atoms with Crippen LogP contribution in [0.2, 0.25) is 4.34 Å². The van der Waals surface area contributed by atoms with Crippen molar-refractivity contribution in [2.24, 2.45) is 12.9 Å². The highest BCUT2D eigenvalue weighted by atomic mass is 35.5. The van der Waals surface area contributed by atoms with Crippen molar-refractivity contribution in [3.05, 3.63) is 38.8 Å². The second kappa shape index (κ2) is 5.18. The number of thiophene rings is 1. The van der Waals surface area contributed by atoms with Crippen LogP contribution >= 0.6 is 22.9 Å². The van der Waals surface area contributed by atoms with Crippen molar-refractivity contribution < 1.29 is 0 Å². The lowest BCUT2D eigenvalue weighted by molar-refractivity contribution is 0.537. The van der Waals surface area contributed by atoms with Crippen LogP contribution in [0.1, 0.15) is 22.3 Å². The molecule has 0 spiro atoms. The number of rotatable bonds is 4. The van der Waals surface area contributed by atoms with E-state index in [0.29, 0.717) is 0 Å². The normalized spacial score (nSPS) is 12.9. The number of halogens is 1. The third-order valence-corrected chi connectivity index (χ3v) is 4.00. The summed E-state index contributed by atoms with van der Waals surface area (Å²) in [6.07, 6.45) is 0.796. The fourth-order valence-corrected chi connectivity index (χ4v) is 2.94. The average Bonchev–Trinajstić information content (AvgIpc) is 2.82. The summed E-state index contributed by atoms with van der Waals surface area (Å²) in [7, 11) is 1.94. The van der Waals surface area contributed by atoms with E-state index in [2.05, 4.69) is 16.6 Å². The van der Waals surface area contributed by atoms with Gasteiger partial charge in [0.05, 0.1) is 16.1 Å². The van der Waals surface area contributed by atoms with E-state index in [9.17, 15) is 0 Å². The molecule has 0 saturated carbocycles. The number of nitrogens with two attached hydrogens (primary N) is 1. The standard InChI is InChI=1S/C11H15ClN4S/c1-7-5-8(16(2)15-7)6-9(14-13)10-3-4-11(12)17-10/h3-5,9,14H,6,13H2,1-2H3. The zero-order valence-corrected chi connectivity index (χ0v) is 11.3. The van der Waals surface area contributed by atoms with Gasteiger partial charge in [0, 0.05) is 24.0 Å². The number of aryl methyl sites for hydroxylation is 2. The summed E-state index contributed by atoms with van der Waals surface area (Å²) in [6.45, 7) is 1.98. The van der Waals surface area contributed by atoms with E-state index in [4.69, 9.17) is 17.4 Å². The van der Waals surface area contributed by atoms with Gasteiger partial charge < -0.3 is 0 Å². The average molecular weight is 271 g/mol. The topological polar surface area (TPSA) is 55.9 Å². The number of hydrogen-bond acceptors (Lipinski definition) is 4. The highest BCUT2D eigenvalue weighted by Crippen LogP contribution is 2.28. The van der Waals surface area contributed by atoms with Gasteiger partial charge in [0.2, 0.25) is 0 Å².